The number of esters is 2. The first-order valence-corrected chi connectivity index (χ1v) is 14.1. The second-order valence-corrected chi connectivity index (χ2v) is 11.3. The third-order valence-electron chi connectivity index (χ3n) is 6.56. The molecule has 4 rings (SSSR count). The van der Waals surface area contributed by atoms with Gasteiger partial charge in [-0.05, 0) is 63.1 Å². The predicted octanol–water partition coefficient (Wildman–Crippen LogP) is 4.45. The highest BCUT2D eigenvalue weighted by Gasteiger charge is 2.49. The summed E-state index contributed by atoms with van der Waals surface area (Å²) in [6.07, 6.45) is -5.33. The minimum absolute atomic E-state index is 0.109. The van der Waals surface area contributed by atoms with Gasteiger partial charge in [0.05, 0.1) is 22.6 Å². The number of carbonyl (C=O) groups excluding carboxylic acids is 2. The summed E-state index contributed by atoms with van der Waals surface area (Å²) in [7, 11) is -3.07. The van der Waals surface area contributed by atoms with E-state index in [0.717, 1.165) is 11.1 Å². The van der Waals surface area contributed by atoms with Crippen LogP contribution in [-0.2, 0) is 33.2 Å². The maximum absolute atomic E-state index is 13.4. The van der Waals surface area contributed by atoms with Crippen molar-refractivity contribution in [3.63, 3.8) is 0 Å². The number of benzene rings is 3. The number of hydrogen-bond acceptors (Lipinski definition) is 9. The van der Waals surface area contributed by atoms with Crippen LogP contribution in [0.4, 0.5) is 0 Å². The first-order valence-electron chi connectivity index (χ1n) is 12.7. The molecule has 1 heterocycles. The molecule has 212 valence electrons. The van der Waals surface area contributed by atoms with Crippen molar-refractivity contribution in [3.8, 4) is 0 Å². The van der Waals surface area contributed by atoms with Crippen LogP contribution in [0.15, 0.2) is 71.6 Å². The summed E-state index contributed by atoms with van der Waals surface area (Å²) in [6, 6.07) is 17.9. The van der Waals surface area contributed by atoms with Gasteiger partial charge in [0, 0.05) is 7.11 Å². The molecule has 0 unspecified atom stereocenters. The molecule has 0 spiro atoms. The average molecular weight is 569 g/mol. The van der Waals surface area contributed by atoms with E-state index in [-0.39, 0.29) is 17.1 Å². The molecular formula is C30H32O9S. The van der Waals surface area contributed by atoms with Crippen LogP contribution in [0, 0.1) is 27.7 Å². The Hall–Kier alpha value is -3.57. The van der Waals surface area contributed by atoms with E-state index >= 15 is 0 Å². The van der Waals surface area contributed by atoms with Gasteiger partial charge in [-0.25, -0.2) is 9.59 Å². The fourth-order valence-corrected chi connectivity index (χ4v) is 5.77. The quantitative estimate of drug-likeness (QED) is 0.287. The van der Waals surface area contributed by atoms with Gasteiger partial charge in [0.15, 0.2) is 24.6 Å². The topological polar surface area (TPSA) is 114 Å². The van der Waals surface area contributed by atoms with Crippen molar-refractivity contribution in [1.29, 1.82) is 0 Å². The van der Waals surface area contributed by atoms with E-state index in [1.807, 2.05) is 26.0 Å². The van der Waals surface area contributed by atoms with Crippen LogP contribution >= 0.6 is 0 Å². The van der Waals surface area contributed by atoms with E-state index in [4.69, 9.17) is 23.1 Å². The number of ether oxygens (including phenoxy) is 4. The molecule has 0 amide bonds. The largest absolute Gasteiger partial charge is 0.453 e. The molecular weight excluding hydrogens is 536 g/mol. The highest BCUT2D eigenvalue weighted by molar-refractivity contribution is 7.86. The van der Waals surface area contributed by atoms with Crippen molar-refractivity contribution in [1.82, 2.24) is 0 Å². The SMILES string of the molecule is CO[C@H]1OC[C@H](OC(=O)c2c(C)cc(C)cc2C)[C@@H](OS(=O)(=O)c2ccc(C)cc2)[C@H]1OC(=O)c1ccccc1. The molecule has 0 aromatic heterocycles. The predicted molar refractivity (Wildman–Crippen MR) is 145 cm³/mol. The van der Waals surface area contributed by atoms with Gasteiger partial charge in [-0.2, -0.15) is 8.42 Å². The summed E-state index contributed by atoms with van der Waals surface area (Å²) < 4.78 is 55.0. The van der Waals surface area contributed by atoms with Gasteiger partial charge >= 0.3 is 11.9 Å². The van der Waals surface area contributed by atoms with Crippen molar-refractivity contribution in [3.05, 3.63) is 100 Å². The van der Waals surface area contributed by atoms with Crippen LogP contribution < -0.4 is 0 Å². The van der Waals surface area contributed by atoms with Crippen molar-refractivity contribution in [2.24, 2.45) is 0 Å². The Bertz CT molecular complexity index is 1440. The second kappa shape index (κ2) is 12.3. The Morgan fingerprint density at radius 3 is 2.02 bits per heavy atom. The Balaban J connectivity index is 1.70. The van der Waals surface area contributed by atoms with E-state index in [0.29, 0.717) is 16.7 Å². The van der Waals surface area contributed by atoms with Gasteiger partial charge in [-0.15, -0.1) is 0 Å². The fourth-order valence-electron chi connectivity index (χ4n) is 4.66. The maximum Gasteiger partial charge on any atom is 0.339 e. The third kappa shape index (κ3) is 6.59. The molecule has 0 radical (unpaired) electrons. The van der Waals surface area contributed by atoms with Crippen LogP contribution in [0.5, 0.6) is 0 Å². The van der Waals surface area contributed by atoms with Crippen LogP contribution in [-0.4, -0.2) is 58.7 Å². The molecule has 1 aliphatic heterocycles. The molecule has 1 fully saturated rings. The molecule has 0 bridgehead atoms. The fraction of sp³-hybridized carbons (Fsp3) is 0.333. The smallest absolute Gasteiger partial charge is 0.339 e. The van der Waals surface area contributed by atoms with Gasteiger partial charge in [-0.3, -0.25) is 4.18 Å². The Morgan fingerprint density at radius 2 is 1.43 bits per heavy atom. The lowest BCUT2D eigenvalue weighted by Gasteiger charge is -2.40. The number of hydrogen-bond donors (Lipinski definition) is 0. The molecule has 4 atom stereocenters. The van der Waals surface area contributed by atoms with Crippen LogP contribution in [0.3, 0.4) is 0 Å². The van der Waals surface area contributed by atoms with Gasteiger partial charge < -0.3 is 18.9 Å². The van der Waals surface area contributed by atoms with E-state index in [1.54, 1.807) is 56.3 Å². The van der Waals surface area contributed by atoms with Gasteiger partial charge in [0.25, 0.3) is 10.1 Å². The summed E-state index contributed by atoms with van der Waals surface area (Å²) in [6.45, 7) is 7.05. The summed E-state index contributed by atoms with van der Waals surface area (Å²) in [4.78, 5) is 26.3. The average Bonchev–Trinajstić information content (AvgIpc) is 2.90. The molecule has 0 aliphatic carbocycles. The molecule has 3 aromatic carbocycles. The molecule has 10 heteroatoms. The Kier molecular flexibility index (Phi) is 9.05. The standard InChI is InChI=1S/C30H32O9S/c1-18-11-13-23(14-12-18)40(33,34)39-26-24(37-29(32)25-20(3)15-19(2)16-21(25)4)17-36-30(35-5)27(26)38-28(31)22-9-7-6-8-10-22/h6-16,24,26-27,30H,17H2,1-5H3/t24-,26+,27+,30-/m0/s1. The van der Waals surface area contributed by atoms with Crippen LogP contribution in [0.1, 0.15) is 43.0 Å². The molecule has 0 saturated carbocycles. The lowest BCUT2D eigenvalue weighted by atomic mass is 9.99. The second-order valence-electron chi connectivity index (χ2n) is 9.72. The van der Waals surface area contributed by atoms with Crippen molar-refractivity contribution >= 4 is 22.1 Å². The van der Waals surface area contributed by atoms with Gasteiger partial charge in [-0.1, -0.05) is 53.6 Å². The monoisotopic (exact) mass is 568 g/mol. The van der Waals surface area contributed by atoms with Crippen molar-refractivity contribution in [2.75, 3.05) is 13.7 Å². The van der Waals surface area contributed by atoms with E-state index in [9.17, 15) is 18.0 Å². The van der Waals surface area contributed by atoms with E-state index in [2.05, 4.69) is 0 Å². The highest BCUT2D eigenvalue weighted by Crippen LogP contribution is 2.30. The number of methoxy groups -OCH3 is 1. The van der Waals surface area contributed by atoms with Crippen molar-refractivity contribution < 1.29 is 41.1 Å². The Morgan fingerprint density at radius 1 is 0.800 bits per heavy atom. The third-order valence-corrected chi connectivity index (χ3v) is 7.88. The molecule has 3 aromatic rings. The zero-order valence-corrected chi connectivity index (χ0v) is 23.8. The first-order chi connectivity index (χ1) is 19.0. The zero-order valence-electron chi connectivity index (χ0n) is 22.9. The van der Waals surface area contributed by atoms with Crippen molar-refractivity contribution in [2.45, 2.75) is 57.2 Å². The minimum Gasteiger partial charge on any atom is -0.453 e. The molecule has 40 heavy (non-hydrogen) atoms. The number of aryl methyl sites for hydroxylation is 4. The number of rotatable bonds is 8. The molecule has 1 aliphatic rings. The summed E-state index contributed by atoms with van der Waals surface area (Å²) in [5.41, 5.74) is 3.81. The minimum atomic E-state index is -4.39. The molecule has 0 N–H and O–H groups in total. The molecule has 9 nitrogen and oxygen atoms in total. The lowest BCUT2D eigenvalue weighted by Crippen LogP contribution is -2.58. The zero-order chi connectivity index (χ0) is 29.0. The Labute approximate surface area is 234 Å². The van der Waals surface area contributed by atoms with E-state index in [1.165, 1.54) is 19.2 Å². The molecule has 1 saturated heterocycles. The maximum atomic E-state index is 13.4. The normalized spacial score (nSPS) is 21.0. The lowest BCUT2D eigenvalue weighted by molar-refractivity contribution is -0.255. The van der Waals surface area contributed by atoms with Crippen LogP contribution in [0.25, 0.3) is 0 Å². The number of carbonyl (C=O) groups is 2. The van der Waals surface area contributed by atoms with E-state index < -0.39 is 46.7 Å². The summed E-state index contributed by atoms with van der Waals surface area (Å²) in [5.74, 6) is -1.44. The van der Waals surface area contributed by atoms with Gasteiger partial charge in [0.2, 0.25) is 0 Å². The summed E-state index contributed by atoms with van der Waals surface area (Å²) in [5, 5.41) is 0. The summed E-state index contributed by atoms with van der Waals surface area (Å²) >= 11 is 0. The highest BCUT2D eigenvalue weighted by atomic mass is 32.2. The van der Waals surface area contributed by atoms with Gasteiger partial charge in [0.1, 0.15) is 0 Å². The first kappa shape index (κ1) is 29.4. The van der Waals surface area contributed by atoms with Crippen LogP contribution in [0.2, 0.25) is 0 Å².